The molecule has 0 fully saturated rings. The minimum Gasteiger partial charge on any atom is -0.456 e. The first-order valence-electron chi connectivity index (χ1n) is 17.8. The molecule has 1 aliphatic rings. The molecule has 0 atom stereocenters. The maximum absolute atomic E-state index is 6.36. The average Bonchev–Trinajstić information content (AvgIpc) is 3.69. The Hall–Kier alpha value is -6.65. The van der Waals surface area contributed by atoms with E-state index in [-0.39, 0.29) is 5.41 Å². The Kier molecular flexibility index (Phi) is 5.98. The van der Waals surface area contributed by atoms with Gasteiger partial charge in [0.25, 0.3) is 0 Å². The molecule has 52 heavy (non-hydrogen) atoms. The van der Waals surface area contributed by atoms with Crippen LogP contribution in [0.4, 0.5) is 0 Å². The molecule has 4 heteroatoms. The van der Waals surface area contributed by atoms with Crippen molar-refractivity contribution in [2.45, 2.75) is 19.3 Å². The molecule has 0 aliphatic heterocycles. The van der Waals surface area contributed by atoms with E-state index in [9.17, 15) is 0 Å². The van der Waals surface area contributed by atoms with E-state index in [0.717, 1.165) is 44.0 Å². The van der Waals surface area contributed by atoms with Crippen molar-refractivity contribution < 1.29 is 4.42 Å². The van der Waals surface area contributed by atoms with Gasteiger partial charge in [0.15, 0.2) is 17.5 Å². The number of fused-ring (bicyclic) bond motifs is 13. The van der Waals surface area contributed by atoms with Crippen molar-refractivity contribution in [2.24, 2.45) is 0 Å². The highest BCUT2D eigenvalue weighted by atomic mass is 16.3. The second kappa shape index (κ2) is 10.7. The van der Waals surface area contributed by atoms with Crippen LogP contribution < -0.4 is 0 Å². The molecular formula is C48H31N3O. The first kappa shape index (κ1) is 29.1. The quantitative estimate of drug-likeness (QED) is 0.176. The van der Waals surface area contributed by atoms with Gasteiger partial charge in [-0.3, -0.25) is 0 Å². The lowest BCUT2D eigenvalue weighted by Crippen LogP contribution is -2.15. The Morgan fingerprint density at radius 1 is 0.385 bits per heavy atom. The summed E-state index contributed by atoms with van der Waals surface area (Å²) >= 11 is 0. The summed E-state index contributed by atoms with van der Waals surface area (Å²) < 4.78 is 6.36. The molecule has 244 valence electrons. The van der Waals surface area contributed by atoms with Crippen LogP contribution in [0.2, 0.25) is 0 Å². The van der Waals surface area contributed by atoms with Gasteiger partial charge in [-0.05, 0) is 79.5 Å². The lowest BCUT2D eigenvalue weighted by Gasteiger charge is -2.21. The predicted octanol–water partition coefficient (Wildman–Crippen LogP) is 12.5. The predicted molar refractivity (Wildman–Crippen MR) is 213 cm³/mol. The summed E-state index contributed by atoms with van der Waals surface area (Å²) in [6.45, 7) is 4.61. The van der Waals surface area contributed by atoms with Gasteiger partial charge in [0.05, 0.1) is 0 Å². The van der Waals surface area contributed by atoms with Gasteiger partial charge in [-0.1, -0.05) is 135 Å². The van der Waals surface area contributed by atoms with Crippen LogP contribution in [0.3, 0.4) is 0 Å². The lowest BCUT2D eigenvalue weighted by atomic mass is 9.82. The molecule has 2 aromatic heterocycles. The molecule has 0 N–H and O–H groups in total. The van der Waals surface area contributed by atoms with Crippen molar-refractivity contribution in [2.75, 3.05) is 0 Å². The fraction of sp³-hybridized carbons (Fsp3) is 0.0625. The molecule has 0 unspecified atom stereocenters. The Morgan fingerprint density at radius 2 is 0.962 bits per heavy atom. The van der Waals surface area contributed by atoms with Gasteiger partial charge in [0.1, 0.15) is 11.2 Å². The second-order valence-corrected chi connectivity index (χ2v) is 14.4. The molecule has 11 rings (SSSR count). The van der Waals surface area contributed by atoms with Crippen molar-refractivity contribution in [3.05, 3.63) is 163 Å². The fourth-order valence-corrected chi connectivity index (χ4v) is 8.59. The number of rotatable bonds is 3. The highest BCUT2D eigenvalue weighted by Crippen LogP contribution is 2.49. The lowest BCUT2D eigenvalue weighted by molar-refractivity contribution is 0.660. The van der Waals surface area contributed by atoms with Crippen molar-refractivity contribution in [1.82, 2.24) is 15.0 Å². The standard InChI is InChI=1S/C48H31N3O/c1-48(2)39-18-10-8-16-33(39)34-22-20-30(27-40(34)48)47-50-45(28-12-4-3-5-13-28)49-46(51-47)29-21-23-36-38(26-29)32-15-7-6-14-31(32)35-24-25-42-44(43(35)36)37-17-9-11-19-41(37)52-42/h3-27H,1-2H3. The van der Waals surface area contributed by atoms with Gasteiger partial charge in [-0.15, -0.1) is 0 Å². The summed E-state index contributed by atoms with van der Waals surface area (Å²) in [4.78, 5) is 15.4. The third kappa shape index (κ3) is 4.12. The maximum Gasteiger partial charge on any atom is 0.164 e. The Balaban J connectivity index is 1.16. The molecule has 8 aromatic carbocycles. The Bertz CT molecular complexity index is 3100. The van der Waals surface area contributed by atoms with Crippen molar-refractivity contribution in [3.63, 3.8) is 0 Å². The smallest absolute Gasteiger partial charge is 0.164 e. The molecule has 0 radical (unpaired) electrons. The minimum absolute atomic E-state index is 0.131. The Labute approximate surface area is 300 Å². The van der Waals surface area contributed by atoms with E-state index in [4.69, 9.17) is 19.4 Å². The monoisotopic (exact) mass is 665 g/mol. The SMILES string of the molecule is CC1(C)c2ccccc2-c2ccc(-c3nc(-c4ccccc4)nc(-c4ccc5c(c4)c4ccccc4c4ccc6oc7ccccc7c6c45)n3)cc21. The summed E-state index contributed by atoms with van der Waals surface area (Å²) in [6, 6.07) is 53.6. The van der Waals surface area contributed by atoms with E-state index in [1.165, 1.54) is 49.2 Å². The van der Waals surface area contributed by atoms with E-state index in [1.807, 2.05) is 30.3 Å². The number of aromatic nitrogens is 3. The summed E-state index contributed by atoms with van der Waals surface area (Å²) in [5.41, 5.74) is 9.74. The highest BCUT2D eigenvalue weighted by Gasteiger charge is 2.35. The highest BCUT2D eigenvalue weighted by molar-refractivity contribution is 6.34. The third-order valence-electron chi connectivity index (χ3n) is 11.1. The zero-order valence-electron chi connectivity index (χ0n) is 28.7. The van der Waals surface area contributed by atoms with Gasteiger partial charge in [-0.25, -0.2) is 15.0 Å². The van der Waals surface area contributed by atoms with Crippen LogP contribution in [0.15, 0.2) is 156 Å². The molecule has 0 saturated heterocycles. The first-order valence-corrected chi connectivity index (χ1v) is 17.8. The van der Waals surface area contributed by atoms with Crippen molar-refractivity contribution >= 4 is 54.3 Å². The van der Waals surface area contributed by atoms with Gasteiger partial charge >= 0.3 is 0 Å². The van der Waals surface area contributed by atoms with Crippen LogP contribution in [0.1, 0.15) is 25.0 Å². The molecule has 10 aromatic rings. The van der Waals surface area contributed by atoms with E-state index >= 15 is 0 Å². The van der Waals surface area contributed by atoms with Crippen LogP contribution in [0.5, 0.6) is 0 Å². The van der Waals surface area contributed by atoms with Crippen molar-refractivity contribution in [3.8, 4) is 45.3 Å². The number of benzene rings is 8. The molecule has 0 saturated carbocycles. The fourth-order valence-electron chi connectivity index (χ4n) is 8.59. The van der Waals surface area contributed by atoms with E-state index in [0.29, 0.717) is 17.5 Å². The summed E-state index contributed by atoms with van der Waals surface area (Å²) in [5, 5.41) is 9.41. The zero-order valence-corrected chi connectivity index (χ0v) is 28.7. The topological polar surface area (TPSA) is 51.8 Å². The molecule has 2 heterocycles. The van der Waals surface area contributed by atoms with Crippen LogP contribution in [-0.4, -0.2) is 15.0 Å². The third-order valence-corrected chi connectivity index (χ3v) is 11.1. The minimum atomic E-state index is -0.131. The summed E-state index contributed by atoms with van der Waals surface area (Å²) in [6.07, 6.45) is 0. The number of hydrogen-bond donors (Lipinski definition) is 0. The Morgan fingerprint density at radius 3 is 1.77 bits per heavy atom. The molecule has 0 spiro atoms. The normalized spacial score (nSPS) is 13.3. The van der Waals surface area contributed by atoms with Gasteiger partial charge in [0, 0.05) is 38.3 Å². The number of nitrogens with zero attached hydrogens (tertiary/aromatic N) is 3. The number of hydrogen-bond acceptors (Lipinski definition) is 4. The van der Waals surface area contributed by atoms with Gasteiger partial charge in [-0.2, -0.15) is 0 Å². The first-order chi connectivity index (χ1) is 25.5. The zero-order chi connectivity index (χ0) is 34.6. The number of furan rings is 1. The summed E-state index contributed by atoms with van der Waals surface area (Å²) in [5.74, 6) is 1.96. The van der Waals surface area contributed by atoms with E-state index in [1.54, 1.807) is 0 Å². The van der Waals surface area contributed by atoms with Crippen molar-refractivity contribution in [1.29, 1.82) is 0 Å². The van der Waals surface area contributed by atoms with Gasteiger partial charge < -0.3 is 4.42 Å². The van der Waals surface area contributed by atoms with Crippen LogP contribution in [0, 0.1) is 0 Å². The number of para-hydroxylation sites is 1. The van der Waals surface area contributed by atoms with E-state index in [2.05, 4.69) is 135 Å². The second-order valence-electron chi connectivity index (χ2n) is 14.4. The van der Waals surface area contributed by atoms with Crippen LogP contribution in [-0.2, 0) is 5.41 Å². The largest absolute Gasteiger partial charge is 0.456 e. The summed E-state index contributed by atoms with van der Waals surface area (Å²) in [7, 11) is 0. The average molecular weight is 666 g/mol. The maximum atomic E-state index is 6.36. The van der Waals surface area contributed by atoms with Crippen LogP contribution >= 0.6 is 0 Å². The molecular weight excluding hydrogens is 635 g/mol. The van der Waals surface area contributed by atoms with E-state index < -0.39 is 0 Å². The molecule has 1 aliphatic carbocycles. The van der Waals surface area contributed by atoms with Gasteiger partial charge in [0.2, 0.25) is 0 Å². The van der Waals surface area contributed by atoms with Crippen LogP contribution in [0.25, 0.3) is 99.5 Å². The molecule has 4 nitrogen and oxygen atoms in total. The molecule has 0 amide bonds. The molecule has 0 bridgehead atoms.